The largest absolute Gasteiger partial charge is 0.480 e. The Morgan fingerprint density at radius 3 is 2.53 bits per heavy atom. The molecule has 1 atom stereocenters. The van der Waals surface area contributed by atoms with Crippen LogP contribution in [-0.4, -0.2) is 22.1 Å². The number of aromatic nitrogens is 1. The van der Waals surface area contributed by atoms with Crippen LogP contribution in [0.4, 0.5) is 5.69 Å². The maximum Gasteiger partial charge on any atom is 0.326 e. The summed E-state index contributed by atoms with van der Waals surface area (Å²) in [5.74, 6) is -0.786. The number of fused-ring (bicyclic) bond motifs is 1. The molecule has 0 fully saturated rings. The average Bonchev–Trinajstić information content (AvgIpc) is 2.46. The summed E-state index contributed by atoms with van der Waals surface area (Å²) in [6.45, 7) is 0.622. The average molecular weight is 254 g/mol. The number of carbonyl (C=O) groups is 1. The van der Waals surface area contributed by atoms with E-state index in [1.807, 2.05) is 35.2 Å². The van der Waals surface area contributed by atoms with Gasteiger partial charge in [-0.15, -0.1) is 0 Å². The van der Waals surface area contributed by atoms with E-state index in [0.29, 0.717) is 13.0 Å². The minimum absolute atomic E-state index is 0.516. The van der Waals surface area contributed by atoms with Gasteiger partial charge in [-0.3, -0.25) is 4.98 Å². The molecule has 0 amide bonds. The molecule has 2 heterocycles. The number of carboxylic acid groups (broad SMARTS) is 1. The third kappa shape index (κ3) is 2.17. The van der Waals surface area contributed by atoms with Crippen molar-refractivity contribution in [3.63, 3.8) is 0 Å². The number of rotatable bonds is 2. The van der Waals surface area contributed by atoms with Crippen molar-refractivity contribution in [1.82, 2.24) is 4.98 Å². The summed E-state index contributed by atoms with van der Waals surface area (Å²) in [6, 6.07) is 11.2. The highest BCUT2D eigenvalue weighted by Gasteiger charge is 2.31. The van der Waals surface area contributed by atoms with Gasteiger partial charge in [0.1, 0.15) is 6.04 Å². The Bertz CT molecular complexity index is 598. The summed E-state index contributed by atoms with van der Waals surface area (Å²) in [4.78, 5) is 17.4. The third-order valence-electron chi connectivity index (χ3n) is 3.53. The highest BCUT2D eigenvalue weighted by molar-refractivity contribution is 5.79. The van der Waals surface area contributed by atoms with Gasteiger partial charge in [-0.1, -0.05) is 24.3 Å². The molecule has 0 aliphatic carbocycles. The van der Waals surface area contributed by atoms with Crippen LogP contribution in [-0.2, 0) is 17.8 Å². The molecule has 1 aliphatic heterocycles. The first-order valence-corrected chi connectivity index (χ1v) is 6.22. The molecule has 1 aromatic heterocycles. The van der Waals surface area contributed by atoms with Crippen LogP contribution in [0.2, 0.25) is 0 Å². The van der Waals surface area contributed by atoms with E-state index in [1.54, 1.807) is 12.4 Å². The van der Waals surface area contributed by atoms with E-state index in [-0.39, 0.29) is 0 Å². The molecule has 0 saturated carbocycles. The molecule has 0 saturated heterocycles. The van der Waals surface area contributed by atoms with Crippen molar-refractivity contribution in [2.45, 2.75) is 19.0 Å². The van der Waals surface area contributed by atoms with Gasteiger partial charge in [0.2, 0.25) is 0 Å². The SMILES string of the molecule is O=C(O)C1Cc2ccccc2CN1c1ccncc1. The highest BCUT2D eigenvalue weighted by Crippen LogP contribution is 2.28. The van der Waals surface area contributed by atoms with Gasteiger partial charge in [-0.2, -0.15) is 0 Å². The number of nitrogens with zero attached hydrogens (tertiary/aromatic N) is 2. The molecule has 0 spiro atoms. The summed E-state index contributed by atoms with van der Waals surface area (Å²) < 4.78 is 0. The lowest BCUT2D eigenvalue weighted by molar-refractivity contribution is -0.138. The van der Waals surface area contributed by atoms with E-state index in [4.69, 9.17) is 0 Å². The van der Waals surface area contributed by atoms with Crippen molar-refractivity contribution in [2.75, 3.05) is 4.90 Å². The van der Waals surface area contributed by atoms with E-state index in [2.05, 4.69) is 11.1 Å². The predicted molar refractivity (Wildman–Crippen MR) is 72.0 cm³/mol. The van der Waals surface area contributed by atoms with E-state index in [9.17, 15) is 9.90 Å². The monoisotopic (exact) mass is 254 g/mol. The van der Waals surface area contributed by atoms with E-state index in [1.165, 1.54) is 5.56 Å². The number of hydrogen-bond donors (Lipinski definition) is 1. The van der Waals surface area contributed by atoms with Crippen LogP contribution in [0.3, 0.4) is 0 Å². The van der Waals surface area contributed by atoms with Gasteiger partial charge in [-0.25, -0.2) is 4.79 Å². The highest BCUT2D eigenvalue weighted by atomic mass is 16.4. The molecule has 0 radical (unpaired) electrons. The predicted octanol–water partition coefficient (Wildman–Crippen LogP) is 2.10. The van der Waals surface area contributed by atoms with Gasteiger partial charge < -0.3 is 10.0 Å². The van der Waals surface area contributed by atoms with Crippen molar-refractivity contribution in [2.24, 2.45) is 0 Å². The number of anilines is 1. The van der Waals surface area contributed by atoms with Crippen LogP contribution in [0.25, 0.3) is 0 Å². The number of pyridine rings is 1. The zero-order chi connectivity index (χ0) is 13.2. The molecule has 0 bridgehead atoms. The summed E-state index contributed by atoms with van der Waals surface area (Å²) in [6.07, 6.45) is 3.91. The van der Waals surface area contributed by atoms with Crippen molar-refractivity contribution in [3.8, 4) is 0 Å². The van der Waals surface area contributed by atoms with Gasteiger partial charge in [0.15, 0.2) is 0 Å². The zero-order valence-electron chi connectivity index (χ0n) is 10.4. The van der Waals surface area contributed by atoms with Crippen molar-refractivity contribution < 1.29 is 9.90 Å². The lowest BCUT2D eigenvalue weighted by atomic mass is 9.93. The molecule has 19 heavy (non-hydrogen) atoms. The van der Waals surface area contributed by atoms with Gasteiger partial charge in [0.25, 0.3) is 0 Å². The fraction of sp³-hybridized carbons (Fsp3) is 0.200. The number of carboxylic acids is 1. The molecule has 2 aromatic rings. The second kappa shape index (κ2) is 4.72. The van der Waals surface area contributed by atoms with Gasteiger partial charge in [0.05, 0.1) is 0 Å². The van der Waals surface area contributed by atoms with Crippen LogP contribution in [0.1, 0.15) is 11.1 Å². The summed E-state index contributed by atoms with van der Waals surface area (Å²) >= 11 is 0. The van der Waals surface area contributed by atoms with Crippen LogP contribution in [0, 0.1) is 0 Å². The van der Waals surface area contributed by atoms with Crippen molar-refractivity contribution in [1.29, 1.82) is 0 Å². The second-order valence-electron chi connectivity index (χ2n) is 4.66. The zero-order valence-corrected chi connectivity index (χ0v) is 10.4. The maximum atomic E-state index is 11.5. The van der Waals surface area contributed by atoms with Gasteiger partial charge >= 0.3 is 5.97 Å². The van der Waals surface area contributed by atoms with Gasteiger partial charge in [-0.05, 0) is 23.3 Å². The molecule has 1 aliphatic rings. The molecule has 4 heteroatoms. The third-order valence-corrected chi connectivity index (χ3v) is 3.53. The van der Waals surface area contributed by atoms with E-state index >= 15 is 0 Å². The minimum Gasteiger partial charge on any atom is -0.480 e. The molecule has 96 valence electrons. The molecular formula is C15H14N2O2. The molecule has 4 nitrogen and oxygen atoms in total. The fourth-order valence-electron chi connectivity index (χ4n) is 2.55. The standard InChI is InChI=1S/C15H14N2O2/c18-15(19)14-9-11-3-1-2-4-12(11)10-17(14)13-5-7-16-8-6-13/h1-8,14H,9-10H2,(H,18,19). The van der Waals surface area contributed by atoms with Crippen LogP contribution in [0.15, 0.2) is 48.8 Å². The Morgan fingerprint density at radius 1 is 1.16 bits per heavy atom. The minimum atomic E-state index is -0.786. The molecule has 3 rings (SSSR count). The van der Waals surface area contributed by atoms with Crippen LogP contribution in [0.5, 0.6) is 0 Å². The molecule has 1 N–H and O–H groups in total. The molecule has 1 aromatic carbocycles. The lowest BCUT2D eigenvalue weighted by Gasteiger charge is -2.36. The van der Waals surface area contributed by atoms with Crippen LogP contribution >= 0.6 is 0 Å². The normalized spacial score (nSPS) is 17.9. The smallest absolute Gasteiger partial charge is 0.326 e. The number of aliphatic carboxylic acids is 1. The first-order valence-electron chi connectivity index (χ1n) is 6.22. The quantitative estimate of drug-likeness (QED) is 0.891. The summed E-state index contributed by atoms with van der Waals surface area (Å²) in [7, 11) is 0. The summed E-state index contributed by atoms with van der Waals surface area (Å²) in [5.41, 5.74) is 3.22. The first-order chi connectivity index (χ1) is 9.25. The maximum absolute atomic E-state index is 11.5. The van der Waals surface area contributed by atoms with Crippen molar-refractivity contribution >= 4 is 11.7 Å². The van der Waals surface area contributed by atoms with E-state index in [0.717, 1.165) is 11.3 Å². The Labute approximate surface area is 111 Å². The Balaban J connectivity index is 2.01. The van der Waals surface area contributed by atoms with Crippen LogP contribution < -0.4 is 4.90 Å². The molecule has 1 unspecified atom stereocenters. The fourth-order valence-corrected chi connectivity index (χ4v) is 2.55. The Morgan fingerprint density at radius 2 is 1.84 bits per heavy atom. The topological polar surface area (TPSA) is 53.4 Å². The lowest BCUT2D eigenvalue weighted by Crippen LogP contribution is -2.45. The number of hydrogen-bond acceptors (Lipinski definition) is 3. The number of benzene rings is 1. The Hall–Kier alpha value is -2.36. The molecular weight excluding hydrogens is 240 g/mol. The van der Waals surface area contributed by atoms with Gasteiger partial charge in [0, 0.05) is 31.0 Å². The second-order valence-corrected chi connectivity index (χ2v) is 4.66. The Kier molecular flexibility index (Phi) is 2.91. The van der Waals surface area contributed by atoms with Crippen molar-refractivity contribution in [3.05, 3.63) is 59.9 Å². The first kappa shape index (κ1) is 11.7. The summed E-state index contributed by atoms with van der Waals surface area (Å²) in [5, 5.41) is 9.44. The van der Waals surface area contributed by atoms with E-state index < -0.39 is 12.0 Å².